The third-order valence-electron chi connectivity index (χ3n) is 5.48. The fraction of sp³-hybridized carbons (Fsp3) is 0.391. The molecule has 1 heterocycles. The van der Waals surface area contributed by atoms with Gasteiger partial charge in [0.25, 0.3) is 11.4 Å². The molecular weight excluding hydrogens is 524 g/mol. The van der Waals surface area contributed by atoms with Gasteiger partial charge in [-0.3, -0.25) is 20.2 Å². The van der Waals surface area contributed by atoms with Gasteiger partial charge in [0.15, 0.2) is 0 Å². The Bertz CT molecular complexity index is 1100. The molecule has 0 spiro atoms. The first-order valence-electron chi connectivity index (χ1n) is 11.3. The number of thioether (sulfide) groups is 1. The van der Waals surface area contributed by atoms with E-state index in [4.69, 9.17) is 9.47 Å². The number of amides is 2. The molecule has 14 heteroatoms. The minimum Gasteiger partial charge on any atom is -0.445 e. The maximum atomic E-state index is 12.6. The molecule has 0 aromatic heterocycles. The van der Waals surface area contributed by atoms with Gasteiger partial charge in [-0.2, -0.15) is 24.4 Å². The van der Waals surface area contributed by atoms with Crippen LogP contribution in [0, 0.1) is 20.2 Å². The van der Waals surface area contributed by atoms with E-state index in [9.17, 15) is 29.8 Å². The Hall–Kier alpha value is -3.52. The van der Waals surface area contributed by atoms with E-state index in [1.807, 2.05) is 0 Å². The van der Waals surface area contributed by atoms with Gasteiger partial charge in [-0.05, 0) is 41.8 Å². The van der Waals surface area contributed by atoms with Gasteiger partial charge < -0.3 is 19.7 Å². The molecule has 0 bridgehead atoms. The standard InChI is InChI=1S/C23H26N4O8S2/c28-22(34-13-16-1-5-18(6-2-16)26(30)31)24-9-10-37-15-20-11-21(36)12-25(20)23(29)35-14-17-3-7-19(8-4-17)27(32)33/h1-8,20-21,36H,9-15H2,(H,24,28)/t20-,21-/m0/s1. The molecule has 0 radical (unpaired) electrons. The Morgan fingerprint density at radius 2 is 1.51 bits per heavy atom. The number of nitro groups is 2. The lowest BCUT2D eigenvalue weighted by Crippen LogP contribution is -2.37. The number of carbonyl (C=O) groups is 2. The summed E-state index contributed by atoms with van der Waals surface area (Å²) in [5.41, 5.74) is 1.22. The number of likely N-dealkylation sites (tertiary alicyclic amines) is 1. The highest BCUT2D eigenvalue weighted by Gasteiger charge is 2.34. The number of non-ortho nitro benzene ring substituents is 2. The predicted molar refractivity (Wildman–Crippen MR) is 140 cm³/mol. The van der Waals surface area contributed by atoms with E-state index in [1.165, 1.54) is 36.4 Å². The van der Waals surface area contributed by atoms with Crippen LogP contribution in [0.4, 0.5) is 21.0 Å². The molecule has 0 unspecified atom stereocenters. The molecule has 1 aliphatic rings. The minimum absolute atomic E-state index is 0.000672. The number of benzene rings is 2. The number of rotatable bonds is 11. The third kappa shape index (κ3) is 8.82. The van der Waals surface area contributed by atoms with Gasteiger partial charge in [-0.25, -0.2) is 9.59 Å². The van der Waals surface area contributed by atoms with Crippen LogP contribution in [0.2, 0.25) is 0 Å². The number of carbonyl (C=O) groups excluding carboxylic acids is 2. The Balaban J connectivity index is 1.33. The van der Waals surface area contributed by atoms with Crippen LogP contribution in [0.15, 0.2) is 48.5 Å². The highest BCUT2D eigenvalue weighted by atomic mass is 32.2. The number of alkyl carbamates (subject to hydrolysis) is 1. The number of hydrogen-bond acceptors (Lipinski definition) is 10. The van der Waals surface area contributed by atoms with E-state index in [-0.39, 0.29) is 35.9 Å². The number of nitrogens with zero attached hydrogens (tertiary/aromatic N) is 3. The Kier molecular flexibility index (Phi) is 10.4. The number of thiol groups is 1. The highest BCUT2D eigenvalue weighted by Crippen LogP contribution is 2.26. The fourth-order valence-corrected chi connectivity index (χ4v) is 4.99. The lowest BCUT2D eigenvalue weighted by molar-refractivity contribution is -0.385. The summed E-state index contributed by atoms with van der Waals surface area (Å²) in [4.78, 5) is 46.6. The van der Waals surface area contributed by atoms with Crippen LogP contribution in [0.3, 0.4) is 0 Å². The van der Waals surface area contributed by atoms with Crippen molar-refractivity contribution >= 4 is 48.0 Å². The molecule has 0 saturated carbocycles. The molecule has 2 aromatic carbocycles. The van der Waals surface area contributed by atoms with Gasteiger partial charge in [0, 0.05) is 60.2 Å². The quantitative estimate of drug-likeness (QED) is 0.181. The second kappa shape index (κ2) is 13.7. The SMILES string of the molecule is O=C(NCCSC[C@@H]1C[C@H](S)CN1C(=O)OCc1ccc([N+](=O)[O-])cc1)OCc1ccc([N+](=O)[O-])cc1. The molecule has 2 atom stereocenters. The summed E-state index contributed by atoms with van der Waals surface area (Å²) in [6.45, 7) is 0.835. The topological polar surface area (TPSA) is 154 Å². The summed E-state index contributed by atoms with van der Waals surface area (Å²) in [5.74, 6) is 1.25. The van der Waals surface area contributed by atoms with E-state index < -0.39 is 22.0 Å². The Morgan fingerprint density at radius 3 is 2.05 bits per heavy atom. The highest BCUT2D eigenvalue weighted by molar-refractivity contribution is 7.99. The largest absolute Gasteiger partial charge is 0.445 e. The van der Waals surface area contributed by atoms with Crippen molar-refractivity contribution in [1.82, 2.24) is 10.2 Å². The monoisotopic (exact) mass is 550 g/mol. The van der Waals surface area contributed by atoms with Crippen molar-refractivity contribution in [3.63, 3.8) is 0 Å². The number of hydrogen-bond donors (Lipinski definition) is 2. The zero-order valence-corrected chi connectivity index (χ0v) is 21.4. The summed E-state index contributed by atoms with van der Waals surface area (Å²) < 4.78 is 10.5. The van der Waals surface area contributed by atoms with Gasteiger partial charge in [-0.1, -0.05) is 0 Å². The summed E-state index contributed by atoms with van der Waals surface area (Å²) in [6.07, 6.45) is -0.340. The van der Waals surface area contributed by atoms with E-state index in [2.05, 4.69) is 17.9 Å². The van der Waals surface area contributed by atoms with E-state index in [0.717, 1.165) is 0 Å². The lowest BCUT2D eigenvalue weighted by atomic mass is 10.2. The maximum absolute atomic E-state index is 12.6. The Labute approximate surface area is 222 Å². The zero-order valence-electron chi connectivity index (χ0n) is 19.7. The minimum atomic E-state index is -0.591. The molecule has 0 aliphatic carbocycles. The van der Waals surface area contributed by atoms with E-state index in [1.54, 1.807) is 28.8 Å². The molecular formula is C23H26N4O8S2. The van der Waals surface area contributed by atoms with Crippen molar-refractivity contribution in [2.45, 2.75) is 30.9 Å². The average Bonchev–Trinajstić information content (AvgIpc) is 3.26. The second-order valence-electron chi connectivity index (χ2n) is 8.18. The summed E-state index contributed by atoms with van der Waals surface area (Å²) in [7, 11) is 0. The second-order valence-corrected chi connectivity index (χ2v) is 10.1. The smallest absolute Gasteiger partial charge is 0.410 e. The van der Waals surface area contributed by atoms with Crippen molar-refractivity contribution in [2.24, 2.45) is 0 Å². The predicted octanol–water partition coefficient (Wildman–Crippen LogP) is 4.17. The molecule has 2 amide bonds. The van der Waals surface area contributed by atoms with Crippen LogP contribution in [0.1, 0.15) is 17.5 Å². The van der Waals surface area contributed by atoms with Crippen molar-refractivity contribution in [1.29, 1.82) is 0 Å². The van der Waals surface area contributed by atoms with Crippen LogP contribution in [-0.2, 0) is 22.7 Å². The van der Waals surface area contributed by atoms with Gasteiger partial charge in [0.1, 0.15) is 13.2 Å². The molecule has 12 nitrogen and oxygen atoms in total. The van der Waals surface area contributed by atoms with Crippen molar-refractivity contribution < 1.29 is 28.9 Å². The summed E-state index contributed by atoms with van der Waals surface area (Å²) >= 11 is 6.08. The Morgan fingerprint density at radius 1 is 0.973 bits per heavy atom. The number of ether oxygens (including phenoxy) is 2. The first-order valence-corrected chi connectivity index (χ1v) is 13.0. The fourth-order valence-electron chi connectivity index (χ4n) is 3.57. The molecule has 1 fully saturated rings. The number of nitro benzene ring substituents is 2. The first-order chi connectivity index (χ1) is 17.7. The van der Waals surface area contributed by atoms with Crippen LogP contribution in [0.25, 0.3) is 0 Å². The third-order valence-corrected chi connectivity index (χ3v) is 6.97. The molecule has 37 heavy (non-hydrogen) atoms. The van der Waals surface area contributed by atoms with Crippen molar-refractivity contribution in [3.05, 3.63) is 79.9 Å². The van der Waals surface area contributed by atoms with E-state index >= 15 is 0 Å². The van der Waals surface area contributed by atoms with Gasteiger partial charge in [-0.15, -0.1) is 0 Å². The average molecular weight is 551 g/mol. The summed E-state index contributed by atoms with van der Waals surface area (Å²) in [5, 5.41) is 24.1. The summed E-state index contributed by atoms with van der Waals surface area (Å²) in [6, 6.07) is 11.5. The van der Waals surface area contributed by atoms with Crippen LogP contribution >= 0.6 is 24.4 Å². The van der Waals surface area contributed by atoms with Crippen LogP contribution in [0.5, 0.6) is 0 Å². The van der Waals surface area contributed by atoms with Crippen molar-refractivity contribution in [3.8, 4) is 0 Å². The maximum Gasteiger partial charge on any atom is 0.410 e. The molecule has 3 rings (SSSR count). The van der Waals surface area contributed by atoms with Crippen LogP contribution < -0.4 is 5.32 Å². The van der Waals surface area contributed by atoms with E-state index in [0.29, 0.717) is 42.1 Å². The number of nitrogens with one attached hydrogen (secondary N) is 1. The van der Waals surface area contributed by atoms with Gasteiger partial charge in [0.05, 0.1) is 9.85 Å². The lowest BCUT2D eigenvalue weighted by Gasteiger charge is -2.23. The molecule has 2 aromatic rings. The molecule has 1 saturated heterocycles. The zero-order chi connectivity index (χ0) is 26.8. The van der Waals surface area contributed by atoms with Gasteiger partial charge in [0.2, 0.25) is 0 Å². The normalized spacial score (nSPS) is 16.7. The molecule has 1 N–H and O–H groups in total. The van der Waals surface area contributed by atoms with Crippen molar-refractivity contribution in [2.75, 3.05) is 24.6 Å². The first kappa shape index (κ1) is 28.1. The molecule has 1 aliphatic heterocycles. The van der Waals surface area contributed by atoms with Gasteiger partial charge >= 0.3 is 12.2 Å². The van der Waals surface area contributed by atoms with Crippen LogP contribution in [-0.4, -0.2) is 62.8 Å². The molecule has 198 valence electrons.